The van der Waals surface area contributed by atoms with Crippen molar-refractivity contribution in [3.05, 3.63) is 51.9 Å². The number of H-pyrrole nitrogens is 1. The first-order chi connectivity index (χ1) is 9.56. The van der Waals surface area contributed by atoms with Crippen LogP contribution >= 0.6 is 24.4 Å². The molecule has 0 atom stereocenters. The van der Waals surface area contributed by atoms with Gasteiger partial charge in [-0.05, 0) is 48.6 Å². The number of nitrogens with zero attached hydrogens (tertiary/aromatic N) is 1. The topological polar surface area (TPSA) is 72.8 Å². The van der Waals surface area contributed by atoms with Gasteiger partial charge in [-0.25, -0.2) is 0 Å². The van der Waals surface area contributed by atoms with Crippen LogP contribution in [-0.2, 0) is 0 Å². The lowest BCUT2D eigenvalue weighted by Crippen LogP contribution is -2.03. The zero-order valence-corrected chi connectivity index (χ0v) is 12.1. The van der Waals surface area contributed by atoms with Gasteiger partial charge in [0.2, 0.25) is 0 Å². The fourth-order valence-electron chi connectivity index (χ4n) is 2.13. The molecule has 0 amide bonds. The number of aromatic amines is 1. The molecule has 1 heterocycles. The summed E-state index contributed by atoms with van der Waals surface area (Å²) in [5.74, 6) is 0. The van der Waals surface area contributed by atoms with Gasteiger partial charge in [-0.15, -0.1) is 0 Å². The second-order valence-electron chi connectivity index (χ2n) is 4.47. The Labute approximate surface area is 125 Å². The van der Waals surface area contributed by atoms with Crippen LogP contribution in [0.15, 0.2) is 42.5 Å². The van der Waals surface area contributed by atoms with E-state index in [-0.39, 0.29) is 0 Å². The number of aromatic nitrogens is 2. The van der Waals surface area contributed by atoms with Crippen molar-refractivity contribution in [2.45, 2.75) is 0 Å². The van der Waals surface area contributed by atoms with Gasteiger partial charge >= 0.3 is 0 Å². The van der Waals surface area contributed by atoms with Crippen molar-refractivity contribution in [1.29, 1.82) is 0 Å². The molecule has 5 N–H and O–H groups in total. The van der Waals surface area contributed by atoms with Crippen molar-refractivity contribution in [2.75, 3.05) is 11.5 Å². The second-order valence-corrected chi connectivity index (χ2v) is 5.24. The lowest BCUT2D eigenvalue weighted by atomic mass is 10.2. The first-order valence-corrected chi connectivity index (χ1v) is 6.78. The highest BCUT2D eigenvalue weighted by molar-refractivity contribution is 7.72. The summed E-state index contributed by atoms with van der Waals surface area (Å²) < 4.78 is 2.94. The van der Waals surface area contributed by atoms with Gasteiger partial charge in [0, 0.05) is 16.8 Å². The Morgan fingerprint density at radius 1 is 0.950 bits per heavy atom. The number of nitrogen functional groups attached to an aromatic ring is 2. The summed E-state index contributed by atoms with van der Waals surface area (Å²) in [5, 5.41) is 0.894. The summed E-state index contributed by atoms with van der Waals surface area (Å²) in [5.41, 5.74) is 14.6. The van der Waals surface area contributed by atoms with E-state index in [4.69, 9.17) is 35.9 Å². The molecule has 0 spiro atoms. The Bertz CT molecular complexity index is 924. The first kappa shape index (κ1) is 12.8. The summed E-state index contributed by atoms with van der Waals surface area (Å²) in [6, 6.07) is 13.0. The number of hydrogen-bond donors (Lipinski definition) is 3. The molecule has 0 aliphatic carbocycles. The average Bonchev–Trinajstić information content (AvgIpc) is 2.38. The van der Waals surface area contributed by atoms with E-state index in [0.29, 0.717) is 20.8 Å². The zero-order chi connectivity index (χ0) is 14.3. The van der Waals surface area contributed by atoms with Crippen LogP contribution in [0.4, 0.5) is 11.4 Å². The lowest BCUT2D eigenvalue weighted by molar-refractivity contribution is 0.967. The molecule has 20 heavy (non-hydrogen) atoms. The highest BCUT2D eigenvalue weighted by Crippen LogP contribution is 2.21. The SMILES string of the molecule is Nc1cccc(-n2c(=S)[nH]c3cc(N)ccc3c2=S)c1. The maximum atomic E-state index is 5.82. The molecule has 3 rings (SSSR count). The summed E-state index contributed by atoms with van der Waals surface area (Å²) in [7, 11) is 0. The van der Waals surface area contributed by atoms with Gasteiger partial charge in [0.25, 0.3) is 0 Å². The Balaban J connectivity index is 2.41. The van der Waals surface area contributed by atoms with E-state index in [0.717, 1.165) is 16.6 Å². The molecule has 0 bridgehead atoms. The molecule has 2 aromatic carbocycles. The van der Waals surface area contributed by atoms with E-state index in [1.165, 1.54) is 0 Å². The van der Waals surface area contributed by atoms with E-state index in [1.807, 2.05) is 42.5 Å². The van der Waals surface area contributed by atoms with Crippen molar-refractivity contribution < 1.29 is 0 Å². The normalized spacial score (nSPS) is 10.8. The molecule has 0 aliphatic heterocycles. The molecule has 1 aromatic heterocycles. The zero-order valence-electron chi connectivity index (χ0n) is 10.5. The lowest BCUT2D eigenvalue weighted by Gasteiger charge is -2.10. The van der Waals surface area contributed by atoms with Crippen LogP contribution in [0.1, 0.15) is 0 Å². The number of rotatable bonds is 1. The standard InChI is InChI=1S/C14H12N4S2/c15-8-2-1-3-10(6-8)18-13(19)11-5-4-9(16)7-12(11)17-14(18)20/h1-7H,15-16H2,(H,17,20). The minimum Gasteiger partial charge on any atom is -0.399 e. The largest absolute Gasteiger partial charge is 0.399 e. The Morgan fingerprint density at radius 3 is 2.45 bits per heavy atom. The monoisotopic (exact) mass is 300 g/mol. The predicted octanol–water partition coefficient (Wildman–Crippen LogP) is 3.58. The fraction of sp³-hybridized carbons (Fsp3) is 0. The van der Waals surface area contributed by atoms with E-state index in [1.54, 1.807) is 4.57 Å². The molecule has 0 radical (unpaired) electrons. The van der Waals surface area contributed by atoms with Gasteiger partial charge in [-0.1, -0.05) is 18.3 Å². The minimum atomic E-state index is 0.513. The second kappa shape index (κ2) is 4.73. The maximum absolute atomic E-state index is 5.82. The predicted molar refractivity (Wildman–Crippen MR) is 88.1 cm³/mol. The van der Waals surface area contributed by atoms with E-state index < -0.39 is 0 Å². The minimum absolute atomic E-state index is 0.513. The van der Waals surface area contributed by atoms with Crippen LogP contribution < -0.4 is 11.5 Å². The highest BCUT2D eigenvalue weighted by atomic mass is 32.1. The maximum Gasteiger partial charge on any atom is 0.183 e. The molecule has 6 heteroatoms. The van der Waals surface area contributed by atoms with Crippen LogP contribution in [0, 0.1) is 9.41 Å². The van der Waals surface area contributed by atoms with Crippen LogP contribution in [0.25, 0.3) is 16.6 Å². The van der Waals surface area contributed by atoms with Crippen molar-refractivity contribution in [2.24, 2.45) is 0 Å². The molecule has 0 unspecified atom stereocenters. The molecular weight excluding hydrogens is 288 g/mol. The van der Waals surface area contributed by atoms with Gasteiger partial charge in [0.1, 0.15) is 4.64 Å². The van der Waals surface area contributed by atoms with E-state index in [2.05, 4.69) is 4.98 Å². The van der Waals surface area contributed by atoms with Crippen molar-refractivity contribution >= 4 is 46.7 Å². The summed E-state index contributed by atoms with van der Waals surface area (Å²) in [4.78, 5) is 3.15. The number of anilines is 2. The highest BCUT2D eigenvalue weighted by Gasteiger charge is 2.05. The smallest absolute Gasteiger partial charge is 0.183 e. The number of hydrogen-bond acceptors (Lipinski definition) is 4. The molecule has 4 nitrogen and oxygen atoms in total. The van der Waals surface area contributed by atoms with Gasteiger partial charge in [-0.3, -0.25) is 4.57 Å². The van der Waals surface area contributed by atoms with Crippen molar-refractivity contribution in [1.82, 2.24) is 9.55 Å². The van der Waals surface area contributed by atoms with Crippen LogP contribution in [0.2, 0.25) is 0 Å². The third kappa shape index (κ3) is 2.09. The quantitative estimate of drug-likeness (QED) is 0.474. The molecule has 100 valence electrons. The molecule has 3 aromatic rings. The molecular formula is C14H12N4S2. The summed E-state index contributed by atoms with van der Waals surface area (Å²) >= 11 is 10.9. The van der Waals surface area contributed by atoms with E-state index >= 15 is 0 Å². The molecule has 0 saturated heterocycles. The summed E-state index contributed by atoms with van der Waals surface area (Å²) in [6.45, 7) is 0. The number of nitrogens with one attached hydrogen (secondary N) is 1. The Kier molecular flexibility index (Phi) is 3.04. The summed E-state index contributed by atoms with van der Waals surface area (Å²) in [6.07, 6.45) is 0. The Morgan fingerprint density at radius 2 is 1.70 bits per heavy atom. The number of benzene rings is 2. The van der Waals surface area contributed by atoms with Crippen molar-refractivity contribution in [3.63, 3.8) is 0 Å². The average molecular weight is 300 g/mol. The number of nitrogens with two attached hydrogens (primary N) is 2. The van der Waals surface area contributed by atoms with E-state index in [9.17, 15) is 0 Å². The van der Waals surface area contributed by atoms with Gasteiger partial charge in [0.05, 0.1) is 11.2 Å². The number of fused-ring (bicyclic) bond motifs is 1. The van der Waals surface area contributed by atoms with Gasteiger partial charge < -0.3 is 16.5 Å². The first-order valence-electron chi connectivity index (χ1n) is 5.97. The van der Waals surface area contributed by atoms with Gasteiger partial charge in [-0.2, -0.15) is 0 Å². The Hall–Kier alpha value is -2.18. The molecule has 0 fully saturated rings. The fourth-order valence-corrected chi connectivity index (χ4v) is 2.87. The van der Waals surface area contributed by atoms with Crippen LogP contribution in [0.3, 0.4) is 0 Å². The molecule has 0 saturated carbocycles. The third-order valence-electron chi connectivity index (χ3n) is 3.05. The third-order valence-corrected chi connectivity index (χ3v) is 3.74. The van der Waals surface area contributed by atoms with Crippen LogP contribution in [0.5, 0.6) is 0 Å². The van der Waals surface area contributed by atoms with Crippen LogP contribution in [-0.4, -0.2) is 9.55 Å². The van der Waals surface area contributed by atoms with Crippen molar-refractivity contribution in [3.8, 4) is 5.69 Å². The van der Waals surface area contributed by atoms with Gasteiger partial charge in [0.15, 0.2) is 4.77 Å². The molecule has 0 aliphatic rings.